The molecular weight excluding hydrogens is 362 g/mol. The largest absolute Gasteiger partial charge is 0.497 e. The van der Waals surface area contributed by atoms with Crippen molar-refractivity contribution >= 4 is 27.7 Å². The van der Waals surface area contributed by atoms with Crippen molar-refractivity contribution in [3.05, 3.63) is 64.9 Å². The van der Waals surface area contributed by atoms with Crippen molar-refractivity contribution in [2.75, 3.05) is 7.11 Å². The highest BCUT2D eigenvalue weighted by molar-refractivity contribution is 9.10. The molecule has 0 aliphatic heterocycles. The molecule has 0 aliphatic carbocycles. The van der Waals surface area contributed by atoms with Crippen molar-refractivity contribution in [2.24, 2.45) is 0 Å². The van der Waals surface area contributed by atoms with Crippen molar-refractivity contribution in [2.45, 2.75) is 10.9 Å². The second kappa shape index (κ2) is 6.98. The van der Waals surface area contributed by atoms with Crippen LogP contribution >= 0.6 is 27.7 Å². The fourth-order valence-corrected chi connectivity index (χ4v) is 3.14. The summed E-state index contributed by atoms with van der Waals surface area (Å²) in [6, 6.07) is 16.1. The zero-order valence-electron chi connectivity index (χ0n) is 11.9. The van der Waals surface area contributed by atoms with E-state index in [0.717, 1.165) is 26.8 Å². The lowest BCUT2D eigenvalue weighted by atomic mass is 10.2. The van der Waals surface area contributed by atoms with Crippen molar-refractivity contribution in [3.63, 3.8) is 0 Å². The molecule has 0 saturated carbocycles. The van der Waals surface area contributed by atoms with Gasteiger partial charge in [-0.15, -0.1) is 10.2 Å². The molecule has 112 valence electrons. The van der Waals surface area contributed by atoms with Gasteiger partial charge >= 0.3 is 0 Å². The number of rotatable bonds is 5. The second-order valence-corrected chi connectivity index (χ2v) is 6.46. The Morgan fingerprint density at radius 2 is 2.00 bits per heavy atom. The van der Waals surface area contributed by atoms with Gasteiger partial charge < -0.3 is 4.74 Å². The summed E-state index contributed by atoms with van der Waals surface area (Å²) in [7, 11) is 1.66. The minimum Gasteiger partial charge on any atom is -0.497 e. The SMILES string of the molecule is COc1cccc(-n2cnnc2SCc2ccc(Br)cc2)c1. The third-order valence-electron chi connectivity index (χ3n) is 3.13. The number of methoxy groups -OCH3 is 1. The summed E-state index contributed by atoms with van der Waals surface area (Å²) in [6.45, 7) is 0. The molecule has 3 rings (SSSR count). The van der Waals surface area contributed by atoms with E-state index in [1.54, 1.807) is 25.2 Å². The van der Waals surface area contributed by atoms with E-state index in [-0.39, 0.29) is 0 Å². The molecule has 0 bridgehead atoms. The van der Waals surface area contributed by atoms with Gasteiger partial charge in [0.15, 0.2) is 5.16 Å². The summed E-state index contributed by atoms with van der Waals surface area (Å²) in [6.07, 6.45) is 1.72. The first-order valence-electron chi connectivity index (χ1n) is 6.68. The number of hydrogen-bond donors (Lipinski definition) is 0. The normalized spacial score (nSPS) is 10.6. The van der Waals surface area contributed by atoms with Crippen LogP contribution in [0.5, 0.6) is 5.75 Å². The Kier molecular flexibility index (Phi) is 4.80. The number of ether oxygens (including phenoxy) is 1. The predicted octanol–water partition coefficient (Wildman–Crippen LogP) is 4.33. The highest BCUT2D eigenvalue weighted by Gasteiger charge is 2.08. The third kappa shape index (κ3) is 3.51. The van der Waals surface area contributed by atoms with E-state index in [4.69, 9.17) is 4.74 Å². The first-order chi connectivity index (χ1) is 10.8. The first-order valence-corrected chi connectivity index (χ1v) is 8.46. The van der Waals surface area contributed by atoms with Crippen LogP contribution in [0.2, 0.25) is 0 Å². The number of aromatic nitrogens is 3. The minimum atomic E-state index is 0.815. The van der Waals surface area contributed by atoms with E-state index in [2.05, 4.69) is 38.3 Å². The molecule has 6 heteroatoms. The average molecular weight is 376 g/mol. The zero-order chi connectivity index (χ0) is 15.4. The van der Waals surface area contributed by atoms with Crippen molar-refractivity contribution in [3.8, 4) is 11.4 Å². The molecule has 0 aliphatic rings. The lowest BCUT2D eigenvalue weighted by Gasteiger charge is -2.08. The zero-order valence-corrected chi connectivity index (χ0v) is 14.3. The number of nitrogens with zero attached hydrogens (tertiary/aromatic N) is 3. The van der Waals surface area contributed by atoms with E-state index in [1.807, 2.05) is 41.0 Å². The Morgan fingerprint density at radius 1 is 1.18 bits per heavy atom. The Hall–Kier alpha value is -1.79. The van der Waals surface area contributed by atoms with Crippen molar-refractivity contribution in [1.29, 1.82) is 0 Å². The number of thioether (sulfide) groups is 1. The second-order valence-electron chi connectivity index (χ2n) is 4.60. The highest BCUT2D eigenvalue weighted by atomic mass is 79.9. The van der Waals surface area contributed by atoms with Gasteiger partial charge in [0.1, 0.15) is 12.1 Å². The molecule has 0 fully saturated rings. The average Bonchev–Trinajstić information content (AvgIpc) is 3.03. The first kappa shape index (κ1) is 15.1. The van der Waals surface area contributed by atoms with Crippen LogP contribution in [0.4, 0.5) is 0 Å². The van der Waals surface area contributed by atoms with Gasteiger partial charge in [-0.25, -0.2) is 0 Å². The van der Waals surface area contributed by atoms with Crippen LogP contribution in [-0.2, 0) is 5.75 Å². The summed E-state index contributed by atoms with van der Waals surface area (Å²) >= 11 is 5.10. The number of hydrogen-bond acceptors (Lipinski definition) is 4. The molecule has 1 heterocycles. The Morgan fingerprint density at radius 3 is 2.77 bits per heavy atom. The minimum absolute atomic E-state index is 0.815. The van der Waals surface area contributed by atoms with E-state index in [9.17, 15) is 0 Å². The van der Waals surface area contributed by atoms with Crippen molar-refractivity contribution in [1.82, 2.24) is 14.8 Å². The fraction of sp³-hybridized carbons (Fsp3) is 0.125. The summed E-state index contributed by atoms with van der Waals surface area (Å²) in [5, 5.41) is 9.09. The van der Waals surface area contributed by atoms with Crippen LogP contribution in [0.25, 0.3) is 5.69 Å². The molecule has 0 amide bonds. The molecule has 1 aromatic heterocycles. The van der Waals surface area contributed by atoms with Crippen LogP contribution in [0, 0.1) is 0 Å². The topological polar surface area (TPSA) is 39.9 Å². The highest BCUT2D eigenvalue weighted by Crippen LogP contribution is 2.25. The number of benzene rings is 2. The van der Waals surface area contributed by atoms with Crippen LogP contribution in [0.3, 0.4) is 0 Å². The maximum Gasteiger partial charge on any atom is 0.195 e. The Labute approximate surface area is 141 Å². The van der Waals surface area contributed by atoms with E-state index < -0.39 is 0 Å². The molecule has 0 spiro atoms. The maximum absolute atomic E-state index is 5.27. The van der Waals surface area contributed by atoms with Crippen LogP contribution in [0.1, 0.15) is 5.56 Å². The molecule has 3 aromatic rings. The Balaban J connectivity index is 1.78. The monoisotopic (exact) mass is 375 g/mol. The summed E-state index contributed by atoms with van der Waals surface area (Å²) in [5.41, 5.74) is 2.23. The molecule has 0 saturated heterocycles. The standard InChI is InChI=1S/C16H14BrN3OS/c1-21-15-4-2-3-14(9-15)20-11-18-19-16(20)22-10-12-5-7-13(17)8-6-12/h2-9,11H,10H2,1H3. The molecule has 0 radical (unpaired) electrons. The van der Waals surface area contributed by atoms with Gasteiger partial charge in [-0.3, -0.25) is 4.57 Å². The molecule has 4 nitrogen and oxygen atoms in total. The van der Waals surface area contributed by atoms with Crippen LogP contribution < -0.4 is 4.74 Å². The molecular formula is C16H14BrN3OS. The molecule has 0 unspecified atom stereocenters. The van der Waals surface area contributed by atoms with Gasteiger partial charge in [-0.1, -0.05) is 45.9 Å². The van der Waals surface area contributed by atoms with Crippen LogP contribution in [0.15, 0.2) is 64.5 Å². The van der Waals surface area contributed by atoms with Gasteiger partial charge in [0.25, 0.3) is 0 Å². The quantitative estimate of drug-likeness (QED) is 0.622. The summed E-state index contributed by atoms with van der Waals surface area (Å²) in [4.78, 5) is 0. The van der Waals surface area contributed by atoms with Gasteiger partial charge in [-0.05, 0) is 29.8 Å². The van der Waals surface area contributed by atoms with Gasteiger partial charge in [0.2, 0.25) is 0 Å². The maximum atomic E-state index is 5.27. The predicted molar refractivity (Wildman–Crippen MR) is 91.6 cm³/mol. The lowest BCUT2D eigenvalue weighted by Crippen LogP contribution is -1.96. The number of halogens is 1. The van der Waals surface area contributed by atoms with E-state index in [0.29, 0.717) is 0 Å². The molecule has 2 aromatic carbocycles. The Bertz CT molecular complexity index is 758. The third-order valence-corrected chi connectivity index (χ3v) is 4.67. The summed E-state index contributed by atoms with van der Waals surface area (Å²) < 4.78 is 8.32. The van der Waals surface area contributed by atoms with E-state index in [1.165, 1.54) is 5.56 Å². The van der Waals surface area contributed by atoms with Crippen molar-refractivity contribution < 1.29 is 4.74 Å². The van der Waals surface area contributed by atoms with E-state index >= 15 is 0 Å². The van der Waals surface area contributed by atoms with Gasteiger partial charge in [0, 0.05) is 16.3 Å². The molecule has 0 atom stereocenters. The van der Waals surface area contributed by atoms with Gasteiger partial charge in [0.05, 0.1) is 12.8 Å². The lowest BCUT2D eigenvalue weighted by molar-refractivity contribution is 0.414. The smallest absolute Gasteiger partial charge is 0.195 e. The summed E-state index contributed by atoms with van der Waals surface area (Å²) in [5.74, 6) is 1.66. The fourth-order valence-electron chi connectivity index (χ4n) is 1.99. The van der Waals surface area contributed by atoms with Crippen LogP contribution in [-0.4, -0.2) is 21.9 Å². The van der Waals surface area contributed by atoms with Gasteiger partial charge in [-0.2, -0.15) is 0 Å². The molecule has 0 N–H and O–H groups in total. The molecule has 22 heavy (non-hydrogen) atoms.